The van der Waals surface area contributed by atoms with Crippen molar-refractivity contribution in [2.45, 2.75) is 33.6 Å². The second-order valence-electron chi connectivity index (χ2n) is 6.59. The van der Waals surface area contributed by atoms with Crippen molar-refractivity contribution in [3.8, 4) is 0 Å². The fourth-order valence-electron chi connectivity index (χ4n) is 3.25. The number of nitrogens with zero attached hydrogens (tertiary/aromatic N) is 2. The first-order valence-corrected chi connectivity index (χ1v) is 9.81. The summed E-state index contributed by atoms with van der Waals surface area (Å²) in [6, 6.07) is 5.87. The second-order valence-corrected chi connectivity index (χ2v) is 7.45. The summed E-state index contributed by atoms with van der Waals surface area (Å²) in [5, 5.41) is 2.95. The maximum atomic E-state index is 12.4. The van der Waals surface area contributed by atoms with Gasteiger partial charge in [-0.25, -0.2) is 0 Å². The number of likely N-dealkylation sites (tertiary alicyclic amines) is 1. The lowest BCUT2D eigenvalue weighted by molar-refractivity contribution is -0.136. The number of carbonyl (C=O) groups excluding carboxylic acids is 2. The molecule has 1 fully saturated rings. The van der Waals surface area contributed by atoms with Crippen LogP contribution in [0.25, 0.3) is 0 Å². The van der Waals surface area contributed by atoms with Crippen LogP contribution in [0.1, 0.15) is 32.3 Å². The minimum Gasteiger partial charge on any atom is -0.343 e. The van der Waals surface area contributed by atoms with Gasteiger partial charge in [-0.05, 0) is 80.3 Å². The number of nitrogens with one attached hydrogen (secondary N) is 1. The van der Waals surface area contributed by atoms with Gasteiger partial charge in [-0.2, -0.15) is 0 Å². The number of rotatable bonds is 6. The summed E-state index contributed by atoms with van der Waals surface area (Å²) in [7, 11) is 0. The van der Waals surface area contributed by atoms with Gasteiger partial charge in [0.15, 0.2) is 0 Å². The molecule has 1 aromatic carbocycles. The molecule has 25 heavy (non-hydrogen) atoms. The Morgan fingerprint density at radius 3 is 2.44 bits per heavy atom. The minimum absolute atomic E-state index is 0.0157. The molecule has 1 aromatic rings. The Kier molecular flexibility index (Phi) is 7.44. The van der Waals surface area contributed by atoms with E-state index < -0.39 is 0 Å². The van der Waals surface area contributed by atoms with Crippen molar-refractivity contribution in [1.82, 2.24) is 9.80 Å². The van der Waals surface area contributed by atoms with Crippen LogP contribution in [-0.4, -0.2) is 54.3 Å². The number of hydrogen-bond donors (Lipinski definition) is 1. The highest BCUT2D eigenvalue weighted by atomic mass is 79.9. The maximum absolute atomic E-state index is 12.4. The highest BCUT2D eigenvalue weighted by Gasteiger charge is 2.28. The third-order valence-electron chi connectivity index (χ3n) is 4.78. The molecule has 1 N–H and O–H groups in total. The van der Waals surface area contributed by atoms with E-state index in [9.17, 15) is 9.59 Å². The lowest BCUT2D eigenvalue weighted by Crippen LogP contribution is -2.44. The number of halogens is 1. The number of aryl methyl sites for hydroxylation is 1. The molecule has 2 amide bonds. The molecule has 0 spiro atoms. The molecule has 0 aliphatic carbocycles. The van der Waals surface area contributed by atoms with Crippen molar-refractivity contribution >= 4 is 33.4 Å². The molecule has 6 heteroatoms. The van der Waals surface area contributed by atoms with Gasteiger partial charge in [-0.1, -0.05) is 6.07 Å². The Hall–Kier alpha value is -1.40. The van der Waals surface area contributed by atoms with E-state index in [1.807, 2.05) is 43.9 Å². The Bertz CT molecular complexity index is 609. The van der Waals surface area contributed by atoms with Crippen molar-refractivity contribution in [2.24, 2.45) is 5.92 Å². The molecule has 0 saturated carbocycles. The SMILES string of the molecule is CCN(CC)C(=O)C1CCN(CC(=O)Nc2ccc(C)cc2Br)CC1. The van der Waals surface area contributed by atoms with Gasteiger partial charge in [0.2, 0.25) is 11.8 Å². The summed E-state index contributed by atoms with van der Waals surface area (Å²) in [5.74, 6) is 0.348. The van der Waals surface area contributed by atoms with Crippen molar-refractivity contribution in [2.75, 3.05) is 38.0 Å². The maximum Gasteiger partial charge on any atom is 0.238 e. The van der Waals surface area contributed by atoms with Crippen LogP contribution in [0.15, 0.2) is 22.7 Å². The number of benzene rings is 1. The van der Waals surface area contributed by atoms with E-state index in [-0.39, 0.29) is 17.7 Å². The predicted octanol–water partition coefficient (Wildman–Crippen LogP) is 3.28. The van der Waals surface area contributed by atoms with Crippen LogP contribution in [0.5, 0.6) is 0 Å². The number of hydrogen-bond acceptors (Lipinski definition) is 3. The molecule has 0 radical (unpaired) electrons. The number of anilines is 1. The number of amides is 2. The van der Waals surface area contributed by atoms with Gasteiger partial charge in [0.1, 0.15) is 0 Å². The van der Waals surface area contributed by atoms with Crippen LogP contribution in [0.3, 0.4) is 0 Å². The molecule has 1 heterocycles. The molecular formula is C19H28BrN3O2. The van der Waals surface area contributed by atoms with Gasteiger partial charge in [0, 0.05) is 23.5 Å². The monoisotopic (exact) mass is 409 g/mol. The van der Waals surface area contributed by atoms with Crippen LogP contribution >= 0.6 is 15.9 Å². The van der Waals surface area contributed by atoms with Gasteiger partial charge < -0.3 is 10.2 Å². The molecule has 5 nitrogen and oxygen atoms in total. The molecular weight excluding hydrogens is 382 g/mol. The lowest BCUT2D eigenvalue weighted by Gasteiger charge is -2.33. The first-order valence-electron chi connectivity index (χ1n) is 9.01. The Labute approximate surface area is 158 Å². The summed E-state index contributed by atoms with van der Waals surface area (Å²) in [5.41, 5.74) is 1.94. The van der Waals surface area contributed by atoms with Crippen LogP contribution in [-0.2, 0) is 9.59 Å². The summed E-state index contributed by atoms with van der Waals surface area (Å²) in [6.07, 6.45) is 1.66. The summed E-state index contributed by atoms with van der Waals surface area (Å²) >= 11 is 3.48. The van der Waals surface area contributed by atoms with Crippen LogP contribution in [0.2, 0.25) is 0 Å². The normalized spacial score (nSPS) is 15.8. The van der Waals surface area contributed by atoms with E-state index in [0.29, 0.717) is 6.54 Å². The van der Waals surface area contributed by atoms with Gasteiger partial charge in [-0.15, -0.1) is 0 Å². The van der Waals surface area contributed by atoms with Crippen LogP contribution < -0.4 is 5.32 Å². The zero-order valence-corrected chi connectivity index (χ0v) is 16.9. The van der Waals surface area contributed by atoms with E-state index in [1.54, 1.807) is 0 Å². The van der Waals surface area contributed by atoms with Gasteiger partial charge >= 0.3 is 0 Å². The summed E-state index contributed by atoms with van der Waals surface area (Å²) in [4.78, 5) is 28.7. The standard InChI is InChI=1S/C19H28BrN3O2/c1-4-23(5-2)19(25)15-8-10-22(11-9-15)13-18(24)21-17-7-6-14(3)12-16(17)20/h6-7,12,15H,4-5,8-11,13H2,1-3H3,(H,21,24). The van der Waals surface area contributed by atoms with E-state index in [1.165, 1.54) is 0 Å². The van der Waals surface area contributed by atoms with Crippen LogP contribution in [0.4, 0.5) is 5.69 Å². The van der Waals surface area contributed by atoms with E-state index >= 15 is 0 Å². The van der Waals surface area contributed by atoms with Crippen molar-refractivity contribution in [3.63, 3.8) is 0 Å². The molecule has 0 unspecified atom stereocenters. The molecule has 2 rings (SSSR count). The molecule has 1 saturated heterocycles. The Morgan fingerprint density at radius 2 is 1.88 bits per heavy atom. The first kappa shape index (κ1) is 19.9. The largest absolute Gasteiger partial charge is 0.343 e. The molecule has 1 aliphatic rings. The summed E-state index contributed by atoms with van der Waals surface area (Å²) in [6.45, 7) is 9.54. The first-order chi connectivity index (χ1) is 11.9. The molecule has 138 valence electrons. The number of piperidine rings is 1. The van der Waals surface area contributed by atoms with Crippen molar-refractivity contribution < 1.29 is 9.59 Å². The average Bonchev–Trinajstić information content (AvgIpc) is 2.59. The minimum atomic E-state index is -0.0157. The second kappa shape index (κ2) is 9.34. The zero-order chi connectivity index (χ0) is 18.4. The Morgan fingerprint density at radius 1 is 1.24 bits per heavy atom. The third-order valence-corrected chi connectivity index (χ3v) is 5.43. The Balaban J connectivity index is 1.81. The molecule has 1 aliphatic heterocycles. The van der Waals surface area contributed by atoms with E-state index in [0.717, 1.165) is 54.7 Å². The van der Waals surface area contributed by atoms with Gasteiger partial charge in [0.05, 0.1) is 12.2 Å². The molecule has 0 bridgehead atoms. The van der Waals surface area contributed by atoms with Crippen LogP contribution in [0, 0.1) is 12.8 Å². The topological polar surface area (TPSA) is 52.7 Å². The van der Waals surface area contributed by atoms with E-state index in [2.05, 4.69) is 26.1 Å². The lowest BCUT2D eigenvalue weighted by atomic mass is 9.95. The van der Waals surface area contributed by atoms with Crippen molar-refractivity contribution in [3.05, 3.63) is 28.2 Å². The van der Waals surface area contributed by atoms with Crippen molar-refractivity contribution in [1.29, 1.82) is 0 Å². The molecule has 0 aromatic heterocycles. The van der Waals surface area contributed by atoms with Gasteiger partial charge in [-0.3, -0.25) is 14.5 Å². The fourth-order valence-corrected chi connectivity index (χ4v) is 3.84. The third kappa shape index (κ3) is 5.54. The molecule has 0 atom stereocenters. The average molecular weight is 410 g/mol. The zero-order valence-electron chi connectivity index (χ0n) is 15.3. The fraction of sp³-hybridized carbons (Fsp3) is 0.579. The highest BCUT2D eigenvalue weighted by molar-refractivity contribution is 9.10. The van der Waals surface area contributed by atoms with E-state index in [4.69, 9.17) is 0 Å². The summed E-state index contributed by atoms with van der Waals surface area (Å²) < 4.78 is 0.893. The highest BCUT2D eigenvalue weighted by Crippen LogP contribution is 2.24. The predicted molar refractivity (Wildman–Crippen MR) is 105 cm³/mol. The number of carbonyl (C=O) groups is 2. The van der Waals surface area contributed by atoms with Gasteiger partial charge in [0.25, 0.3) is 0 Å². The smallest absolute Gasteiger partial charge is 0.238 e. The quantitative estimate of drug-likeness (QED) is 0.783.